The summed E-state index contributed by atoms with van der Waals surface area (Å²) < 4.78 is 1.96. The summed E-state index contributed by atoms with van der Waals surface area (Å²) in [6, 6.07) is -0.327. The first kappa shape index (κ1) is 12.7. The van der Waals surface area contributed by atoms with Gasteiger partial charge in [0.1, 0.15) is 11.9 Å². The zero-order valence-corrected chi connectivity index (χ0v) is 9.97. The van der Waals surface area contributed by atoms with E-state index in [-0.39, 0.29) is 6.04 Å². The number of aromatic nitrogens is 2. The summed E-state index contributed by atoms with van der Waals surface area (Å²) >= 11 is 0. The standard InChI is InChI=1S/C11H19N3O2/c1-8(2)13-10(11(15)16)4-6-14-7-5-12-9(14)3/h5,7-8,10,13H,4,6H2,1-3H3,(H,15,16). The number of nitrogens with one attached hydrogen (secondary N) is 1. The first-order valence-electron chi connectivity index (χ1n) is 5.47. The molecule has 0 saturated carbocycles. The molecule has 0 bridgehead atoms. The van der Waals surface area contributed by atoms with E-state index in [2.05, 4.69) is 10.3 Å². The van der Waals surface area contributed by atoms with Gasteiger partial charge in [-0.1, -0.05) is 13.8 Å². The van der Waals surface area contributed by atoms with Crippen LogP contribution in [0.25, 0.3) is 0 Å². The summed E-state index contributed by atoms with van der Waals surface area (Å²) in [6.45, 7) is 6.46. The van der Waals surface area contributed by atoms with E-state index in [4.69, 9.17) is 5.11 Å². The van der Waals surface area contributed by atoms with Crippen molar-refractivity contribution in [3.63, 3.8) is 0 Å². The third-order valence-corrected chi connectivity index (χ3v) is 2.41. The molecule has 0 aromatic carbocycles. The third-order valence-electron chi connectivity index (χ3n) is 2.41. The Morgan fingerprint density at radius 3 is 2.75 bits per heavy atom. The first-order chi connectivity index (χ1) is 7.50. The number of rotatable bonds is 6. The van der Waals surface area contributed by atoms with Crippen LogP contribution >= 0.6 is 0 Å². The minimum Gasteiger partial charge on any atom is -0.480 e. The van der Waals surface area contributed by atoms with Gasteiger partial charge in [0.15, 0.2) is 0 Å². The SMILES string of the molecule is Cc1nccn1CCC(NC(C)C)C(=O)O. The van der Waals surface area contributed by atoms with E-state index in [0.29, 0.717) is 13.0 Å². The predicted octanol–water partition coefficient (Wildman–Crippen LogP) is 1.03. The molecule has 0 spiro atoms. The van der Waals surface area contributed by atoms with Gasteiger partial charge < -0.3 is 15.0 Å². The average molecular weight is 225 g/mol. The van der Waals surface area contributed by atoms with Crippen molar-refractivity contribution in [3.8, 4) is 0 Å². The number of aliphatic carboxylic acids is 1. The van der Waals surface area contributed by atoms with Crippen LogP contribution in [0.3, 0.4) is 0 Å². The second-order valence-corrected chi connectivity index (χ2v) is 4.17. The molecule has 1 rings (SSSR count). The number of aryl methyl sites for hydroxylation is 2. The maximum absolute atomic E-state index is 11.0. The summed E-state index contributed by atoms with van der Waals surface area (Å²) in [5, 5.41) is 12.1. The average Bonchev–Trinajstić information content (AvgIpc) is 2.57. The van der Waals surface area contributed by atoms with Crippen LogP contribution in [0, 0.1) is 6.92 Å². The molecule has 1 heterocycles. The normalized spacial score (nSPS) is 13.0. The summed E-state index contributed by atoms with van der Waals surface area (Å²) in [5.74, 6) is 0.111. The fourth-order valence-electron chi connectivity index (χ4n) is 1.59. The number of carbonyl (C=O) groups is 1. The van der Waals surface area contributed by atoms with E-state index >= 15 is 0 Å². The monoisotopic (exact) mass is 225 g/mol. The third kappa shape index (κ3) is 3.66. The van der Waals surface area contributed by atoms with Crippen molar-refractivity contribution in [3.05, 3.63) is 18.2 Å². The summed E-state index contributed by atoms with van der Waals surface area (Å²) in [7, 11) is 0. The molecule has 90 valence electrons. The molecule has 1 aromatic heterocycles. The lowest BCUT2D eigenvalue weighted by Crippen LogP contribution is -2.41. The first-order valence-corrected chi connectivity index (χ1v) is 5.47. The molecule has 0 aliphatic rings. The van der Waals surface area contributed by atoms with Crippen molar-refractivity contribution in [1.82, 2.24) is 14.9 Å². The molecule has 0 fully saturated rings. The lowest BCUT2D eigenvalue weighted by atomic mass is 10.2. The fourth-order valence-corrected chi connectivity index (χ4v) is 1.59. The molecular weight excluding hydrogens is 206 g/mol. The lowest BCUT2D eigenvalue weighted by Gasteiger charge is -2.17. The molecule has 5 nitrogen and oxygen atoms in total. The highest BCUT2D eigenvalue weighted by Crippen LogP contribution is 2.02. The molecule has 5 heteroatoms. The Morgan fingerprint density at radius 2 is 2.31 bits per heavy atom. The van der Waals surface area contributed by atoms with Crippen LogP contribution in [0.15, 0.2) is 12.4 Å². The minimum atomic E-state index is -0.800. The van der Waals surface area contributed by atoms with Gasteiger partial charge in [0, 0.05) is 25.0 Å². The van der Waals surface area contributed by atoms with Gasteiger partial charge in [0.25, 0.3) is 0 Å². The van der Waals surface area contributed by atoms with E-state index in [1.165, 1.54) is 0 Å². The smallest absolute Gasteiger partial charge is 0.320 e. The molecule has 2 N–H and O–H groups in total. The summed E-state index contributed by atoms with van der Waals surface area (Å²) in [6.07, 6.45) is 4.15. The fraction of sp³-hybridized carbons (Fsp3) is 0.636. The highest BCUT2D eigenvalue weighted by atomic mass is 16.4. The van der Waals surface area contributed by atoms with Crippen molar-refractivity contribution in [1.29, 1.82) is 0 Å². The van der Waals surface area contributed by atoms with Crippen molar-refractivity contribution in [2.45, 2.75) is 45.8 Å². The van der Waals surface area contributed by atoms with Crippen LogP contribution in [-0.4, -0.2) is 32.7 Å². The van der Waals surface area contributed by atoms with Crippen LogP contribution in [-0.2, 0) is 11.3 Å². The Bertz CT molecular complexity index is 347. The zero-order valence-electron chi connectivity index (χ0n) is 9.97. The Hall–Kier alpha value is -1.36. The Balaban J connectivity index is 2.50. The number of carboxylic acid groups (broad SMARTS) is 1. The topological polar surface area (TPSA) is 67.2 Å². The van der Waals surface area contributed by atoms with Gasteiger partial charge in [-0.05, 0) is 13.3 Å². The molecule has 1 unspecified atom stereocenters. The van der Waals surface area contributed by atoms with Gasteiger partial charge in [-0.2, -0.15) is 0 Å². The zero-order chi connectivity index (χ0) is 12.1. The van der Waals surface area contributed by atoms with Crippen molar-refractivity contribution in [2.75, 3.05) is 0 Å². The highest BCUT2D eigenvalue weighted by molar-refractivity contribution is 5.73. The number of carboxylic acids is 1. The second-order valence-electron chi connectivity index (χ2n) is 4.17. The number of nitrogens with zero attached hydrogens (tertiary/aromatic N) is 2. The number of hydrogen-bond donors (Lipinski definition) is 2. The summed E-state index contributed by atoms with van der Waals surface area (Å²) in [5.41, 5.74) is 0. The Labute approximate surface area is 95.5 Å². The molecule has 0 aliphatic heterocycles. The van der Waals surface area contributed by atoms with E-state index in [0.717, 1.165) is 5.82 Å². The number of imidazole rings is 1. The van der Waals surface area contributed by atoms with Crippen molar-refractivity contribution >= 4 is 5.97 Å². The quantitative estimate of drug-likeness (QED) is 0.759. The molecule has 1 atom stereocenters. The molecule has 0 aliphatic carbocycles. The van der Waals surface area contributed by atoms with Crippen LogP contribution in [0.5, 0.6) is 0 Å². The van der Waals surface area contributed by atoms with E-state index < -0.39 is 12.0 Å². The molecule has 0 amide bonds. The molecule has 1 aromatic rings. The predicted molar refractivity (Wildman–Crippen MR) is 61.3 cm³/mol. The van der Waals surface area contributed by atoms with Gasteiger partial charge >= 0.3 is 5.97 Å². The van der Waals surface area contributed by atoms with Gasteiger partial charge in [-0.25, -0.2) is 4.98 Å². The molecule has 0 saturated heterocycles. The van der Waals surface area contributed by atoms with E-state index in [9.17, 15) is 4.79 Å². The van der Waals surface area contributed by atoms with Crippen molar-refractivity contribution in [2.24, 2.45) is 0 Å². The van der Waals surface area contributed by atoms with E-state index in [1.807, 2.05) is 31.5 Å². The van der Waals surface area contributed by atoms with Crippen LogP contribution in [0.4, 0.5) is 0 Å². The largest absolute Gasteiger partial charge is 0.480 e. The maximum atomic E-state index is 11.0. The lowest BCUT2D eigenvalue weighted by molar-refractivity contribution is -0.139. The van der Waals surface area contributed by atoms with E-state index in [1.54, 1.807) is 6.20 Å². The van der Waals surface area contributed by atoms with Gasteiger partial charge in [-0.15, -0.1) is 0 Å². The van der Waals surface area contributed by atoms with Gasteiger partial charge in [-0.3, -0.25) is 4.79 Å². The Kier molecular flexibility index (Phi) is 4.49. The van der Waals surface area contributed by atoms with Crippen LogP contribution in [0.1, 0.15) is 26.1 Å². The molecule has 16 heavy (non-hydrogen) atoms. The van der Waals surface area contributed by atoms with Crippen molar-refractivity contribution < 1.29 is 9.90 Å². The van der Waals surface area contributed by atoms with Gasteiger partial charge in [0.05, 0.1) is 0 Å². The second kappa shape index (κ2) is 5.65. The maximum Gasteiger partial charge on any atom is 0.320 e. The molecular formula is C11H19N3O2. The van der Waals surface area contributed by atoms with Crippen LogP contribution in [0.2, 0.25) is 0 Å². The number of hydrogen-bond acceptors (Lipinski definition) is 3. The highest BCUT2D eigenvalue weighted by Gasteiger charge is 2.17. The summed E-state index contributed by atoms with van der Waals surface area (Å²) in [4.78, 5) is 15.1. The van der Waals surface area contributed by atoms with Gasteiger partial charge in [0.2, 0.25) is 0 Å². The molecule has 0 radical (unpaired) electrons. The minimum absolute atomic E-state index is 0.171. The van der Waals surface area contributed by atoms with Crippen LogP contribution < -0.4 is 5.32 Å². The Morgan fingerprint density at radius 1 is 1.62 bits per heavy atom.